The SMILES string of the molecule is O=[N+]([O-])[C@@]12CN(Cc3ccccc3)C[C@@H]1c1ccccc1O[C@H]2c1ccccc1. The van der Waals surface area contributed by atoms with Gasteiger partial charge >= 0.3 is 0 Å². The molecule has 29 heavy (non-hydrogen) atoms. The normalized spacial score (nSPS) is 25.7. The molecule has 3 atom stereocenters. The molecule has 5 rings (SSSR count). The van der Waals surface area contributed by atoms with E-state index < -0.39 is 11.6 Å². The van der Waals surface area contributed by atoms with Gasteiger partial charge in [0.1, 0.15) is 5.75 Å². The van der Waals surface area contributed by atoms with Crippen LogP contribution in [0.2, 0.25) is 0 Å². The van der Waals surface area contributed by atoms with Crippen LogP contribution in [0.1, 0.15) is 28.7 Å². The van der Waals surface area contributed by atoms with E-state index in [1.54, 1.807) is 0 Å². The van der Waals surface area contributed by atoms with Gasteiger partial charge in [-0.2, -0.15) is 0 Å². The number of rotatable bonds is 4. The number of para-hydroxylation sites is 1. The van der Waals surface area contributed by atoms with Crippen LogP contribution in [0.5, 0.6) is 5.75 Å². The summed E-state index contributed by atoms with van der Waals surface area (Å²) in [6, 6.07) is 27.5. The minimum Gasteiger partial charge on any atom is -0.478 e. The number of benzene rings is 3. The van der Waals surface area contributed by atoms with E-state index in [1.807, 2.05) is 72.8 Å². The predicted octanol–water partition coefficient (Wildman–Crippen LogP) is 4.44. The van der Waals surface area contributed by atoms with Gasteiger partial charge in [0.2, 0.25) is 0 Å². The van der Waals surface area contributed by atoms with Crippen LogP contribution in [0.4, 0.5) is 0 Å². The van der Waals surface area contributed by atoms with Gasteiger partial charge in [-0.3, -0.25) is 15.0 Å². The van der Waals surface area contributed by atoms with Crippen LogP contribution in [0, 0.1) is 10.1 Å². The lowest BCUT2D eigenvalue weighted by atomic mass is 9.74. The molecule has 3 aromatic carbocycles. The lowest BCUT2D eigenvalue weighted by Gasteiger charge is -2.39. The van der Waals surface area contributed by atoms with Crippen LogP contribution < -0.4 is 4.74 Å². The summed E-state index contributed by atoms with van der Waals surface area (Å²) < 4.78 is 6.33. The zero-order valence-electron chi connectivity index (χ0n) is 16.0. The molecule has 0 bridgehead atoms. The molecule has 0 N–H and O–H groups in total. The topological polar surface area (TPSA) is 55.6 Å². The van der Waals surface area contributed by atoms with Crippen molar-refractivity contribution in [3.8, 4) is 5.75 Å². The average Bonchev–Trinajstić information content (AvgIpc) is 3.15. The van der Waals surface area contributed by atoms with Crippen molar-refractivity contribution < 1.29 is 9.66 Å². The van der Waals surface area contributed by atoms with Gasteiger partial charge in [0.05, 0.1) is 12.5 Å². The highest BCUT2D eigenvalue weighted by molar-refractivity contribution is 5.45. The predicted molar refractivity (Wildman–Crippen MR) is 110 cm³/mol. The third-order valence-electron chi connectivity index (χ3n) is 6.21. The summed E-state index contributed by atoms with van der Waals surface area (Å²) in [6.07, 6.45) is -0.626. The quantitative estimate of drug-likeness (QED) is 0.492. The first-order valence-corrected chi connectivity index (χ1v) is 9.90. The molecule has 2 heterocycles. The summed E-state index contributed by atoms with van der Waals surface area (Å²) in [7, 11) is 0. The van der Waals surface area contributed by atoms with E-state index >= 15 is 0 Å². The van der Waals surface area contributed by atoms with Crippen molar-refractivity contribution in [2.24, 2.45) is 0 Å². The molecule has 146 valence electrons. The van der Waals surface area contributed by atoms with Crippen LogP contribution in [-0.2, 0) is 6.54 Å². The molecule has 0 aromatic heterocycles. The summed E-state index contributed by atoms with van der Waals surface area (Å²) >= 11 is 0. The maximum atomic E-state index is 12.6. The zero-order valence-corrected chi connectivity index (χ0v) is 16.0. The Hall–Kier alpha value is -3.18. The minimum atomic E-state index is -1.22. The van der Waals surface area contributed by atoms with Gasteiger partial charge in [-0.05, 0) is 17.2 Å². The first kappa shape index (κ1) is 17.9. The van der Waals surface area contributed by atoms with Crippen LogP contribution in [0.3, 0.4) is 0 Å². The van der Waals surface area contributed by atoms with E-state index in [9.17, 15) is 10.1 Å². The van der Waals surface area contributed by atoms with Gasteiger partial charge < -0.3 is 4.74 Å². The number of nitrogens with zero attached hydrogens (tertiary/aromatic N) is 2. The molecule has 0 radical (unpaired) electrons. The smallest absolute Gasteiger partial charge is 0.282 e. The molecule has 0 aliphatic carbocycles. The Bertz CT molecular complexity index is 1020. The molecular weight excluding hydrogens is 364 g/mol. The second-order valence-corrected chi connectivity index (χ2v) is 7.90. The van der Waals surface area contributed by atoms with E-state index in [4.69, 9.17) is 4.74 Å². The lowest BCUT2D eigenvalue weighted by molar-refractivity contribution is -0.584. The third-order valence-corrected chi connectivity index (χ3v) is 6.21. The standard InChI is InChI=1S/C24H22N2O3/c27-26(28)24-17-25(15-18-9-3-1-4-10-18)16-21(24)20-13-7-8-14-22(20)29-23(24)19-11-5-2-6-12-19/h1-14,21,23H,15-17H2/t21-,23+,24+/m1/s1. The molecule has 2 aliphatic heterocycles. The molecule has 5 heteroatoms. The van der Waals surface area contributed by atoms with E-state index in [0.29, 0.717) is 19.6 Å². The van der Waals surface area contributed by atoms with Gasteiger partial charge in [-0.1, -0.05) is 78.9 Å². The second kappa shape index (κ2) is 7.01. The highest BCUT2D eigenvalue weighted by atomic mass is 16.6. The molecule has 0 spiro atoms. The fourth-order valence-electron chi connectivity index (χ4n) is 4.91. The first-order valence-electron chi connectivity index (χ1n) is 9.90. The molecule has 3 aromatic rings. The molecule has 1 saturated heterocycles. The zero-order chi connectivity index (χ0) is 19.8. The van der Waals surface area contributed by atoms with Crippen LogP contribution in [0.25, 0.3) is 0 Å². The number of hydrogen-bond acceptors (Lipinski definition) is 4. The molecular formula is C24H22N2O3. The van der Waals surface area contributed by atoms with Crippen LogP contribution in [-0.4, -0.2) is 28.5 Å². The fraction of sp³-hybridized carbons (Fsp3) is 0.250. The summed E-state index contributed by atoms with van der Waals surface area (Å²) in [5.74, 6) is 0.529. The van der Waals surface area contributed by atoms with Gasteiger partial charge in [-0.15, -0.1) is 0 Å². The van der Waals surface area contributed by atoms with Crippen molar-refractivity contribution in [1.82, 2.24) is 4.90 Å². The summed E-state index contributed by atoms with van der Waals surface area (Å²) in [6.45, 7) is 1.68. The molecule has 0 amide bonds. The Labute approximate surface area is 169 Å². The van der Waals surface area contributed by atoms with Gasteiger partial charge in [0, 0.05) is 23.6 Å². The van der Waals surface area contributed by atoms with E-state index in [0.717, 1.165) is 22.4 Å². The van der Waals surface area contributed by atoms with Crippen molar-refractivity contribution in [3.05, 3.63) is 112 Å². The summed E-state index contributed by atoms with van der Waals surface area (Å²) in [5, 5.41) is 12.6. The Balaban J connectivity index is 1.61. The van der Waals surface area contributed by atoms with Crippen molar-refractivity contribution in [3.63, 3.8) is 0 Å². The van der Waals surface area contributed by atoms with Crippen molar-refractivity contribution in [1.29, 1.82) is 0 Å². The van der Waals surface area contributed by atoms with E-state index in [1.165, 1.54) is 0 Å². The molecule has 0 unspecified atom stereocenters. The minimum absolute atomic E-state index is 0.0870. The Kier molecular flexibility index (Phi) is 4.32. The third kappa shape index (κ3) is 2.89. The number of likely N-dealkylation sites (tertiary alicyclic amines) is 1. The maximum Gasteiger partial charge on any atom is 0.282 e. The number of fused-ring (bicyclic) bond motifs is 3. The van der Waals surface area contributed by atoms with Gasteiger partial charge in [0.25, 0.3) is 5.54 Å². The van der Waals surface area contributed by atoms with Crippen LogP contribution >= 0.6 is 0 Å². The van der Waals surface area contributed by atoms with E-state index in [-0.39, 0.29) is 10.8 Å². The Morgan fingerprint density at radius 1 is 0.966 bits per heavy atom. The van der Waals surface area contributed by atoms with Crippen molar-refractivity contribution >= 4 is 0 Å². The van der Waals surface area contributed by atoms with Crippen molar-refractivity contribution in [2.75, 3.05) is 13.1 Å². The Morgan fingerprint density at radius 3 is 2.34 bits per heavy atom. The maximum absolute atomic E-state index is 12.6. The molecule has 5 nitrogen and oxygen atoms in total. The Morgan fingerprint density at radius 2 is 1.62 bits per heavy atom. The van der Waals surface area contributed by atoms with Crippen LogP contribution in [0.15, 0.2) is 84.9 Å². The average molecular weight is 386 g/mol. The molecule has 0 saturated carbocycles. The van der Waals surface area contributed by atoms with Gasteiger partial charge in [-0.25, -0.2) is 0 Å². The second-order valence-electron chi connectivity index (χ2n) is 7.90. The van der Waals surface area contributed by atoms with E-state index in [2.05, 4.69) is 17.0 Å². The van der Waals surface area contributed by atoms with Gasteiger partial charge in [0.15, 0.2) is 6.10 Å². The monoisotopic (exact) mass is 386 g/mol. The highest BCUT2D eigenvalue weighted by Crippen LogP contribution is 2.54. The number of hydrogen-bond donors (Lipinski definition) is 0. The fourth-order valence-corrected chi connectivity index (χ4v) is 4.91. The number of nitro groups is 1. The number of ether oxygens (including phenoxy) is 1. The summed E-state index contributed by atoms with van der Waals surface area (Å²) in [4.78, 5) is 14.8. The van der Waals surface area contributed by atoms with Crippen molar-refractivity contribution in [2.45, 2.75) is 24.1 Å². The highest BCUT2D eigenvalue weighted by Gasteiger charge is 2.66. The first-order chi connectivity index (χ1) is 14.2. The summed E-state index contributed by atoms with van der Waals surface area (Å²) in [5.41, 5.74) is 1.73. The molecule has 1 fully saturated rings. The largest absolute Gasteiger partial charge is 0.478 e. The lowest BCUT2D eigenvalue weighted by Crippen LogP contribution is -2.54. The molecule has 2 aliphatic rings.